The third-order valence-electron chi connectivity index (χ3n) is 5.01. The summed E-state index contributed by atoms with van der Waals surface area (Å²) in [4.78, 5) is -7.12. The molecule has 0 aliphatic carbocycles. The Morgan fingerprint density at radius 2 is 1.05 bits per heavy atom. The summed E-state index contributed by atoms with van der Waals surface area (Å²) >= 11 is 0. The average Bonchev–Trinajstić information content (AvgIpc) is 2.84. The minimum Gasteiger partial charge on any atom is -0.744 e. The molecular formula is C18H11F12O9S3-. The number of alkyl halides is 12. The van der Waals surface area contributed by atoms with Gasteiger partial charge >= 0.3 is 36.5 Å². The Hall–Kier alpha value is -2.41. The Labute approximate surface area is 227 Å². The number of benzene rings is 2. The molecule has 0 unspecified atom stereocenters. The van der Waals surface area contributed by atoms with Gasteiger partial charge in [0.25, 0.3) is 20.2 Å². The Bertz CT molecular complexity index is 1660. The van der Waals surface area contributed by atoms with Crippen molar-refractivity contribution in [2.45, 2.75) is 51.2 Å². The highest BCUT2D eigenvalue weighted by Gasteiger charge is 2.64. The molecule has 9 nitrogen and oxygen atoms in total. The van der Waals surface area contributed by atoms with Crippen LogP contribution in [0.4, 0.5) is 52.7 Å². The van der Waals surface area contributed by atoms with Crippen LogP contribution in [0.15, 0.2) is 45.0 Å². The van der Waals surface area contributed by atoms with Crippen LogP contribution < -0.4 is 0 Å². The number of rotatable bonds is 13. The van der Waals surface area contributed by atoms with Gasteiger partial charge in [-0.1, -0.05) is 24.3 Å². The van der Waals surface area contributed by atoms with Crippen molar-refractivity contribution >= 4 is 41.1 Å². The molecule has 0 atom stereocenters. The predicted molar refractivity (Wildman–Crippen MR) is 110 cm³/mol. The second-order valence-corrected chi connectivity index (χ2v) is 12.3. The van der Waals surface area contributed by atoms with Crippen LogP contribution in [-0.4, -0.2) is 79.6 Å². The van der Waals surface area contributed by atoms with Crippen LogP contribution in [0.2, 0.25) is 0 Å². The normalized spacial score (nSPS) is 14.7. The molecule has 2 aromatic rings. The smallest absolute Gasteiger partial charge is 0.371 e. The summed E-state index contributed by atoms with van der Waals surface area (Å²) in [5.74, 6) is -24.8. The fraction of sp³-hybridized carbons (Fsp3) is 0.444. The number of fused-ring (bicyclic) bond motifs is 1. The zero-order valence-corrected chi connectivity index (χ0v) is 21.8. The predicted octanol–water partition coefficient (Wildman–Crippen LogP) is 4.23. The summed E-state index contributed by atoms with van der Waals surface area (Å²) in [6, 6.07) is 3.03. The van der Waals surface area contributed by atoms with E-state index in [0.29, 0.717) is 6.07 Å². The lowest BCUT2D eigenvalue weighted by Gasteiger charge is -2.26. The second kappa shape index (κ2) is 11.3. The van der Waals surface area contributed by atoms with E-state index in [1.165, 1.54) is 0 Å². The van der Waals surface area contributed by atoms with Gasteiger partial charge in [0, 0.05) is 5.39 Å². The van der Waals surface area contributed by atoms with Crippen molar-refractivity contribution in [2.24, 2.45) is 0 Å². The maximum Gasteiger partial charge on any atom is 0.371 e. The zero-order valence-electron chi connectivity index (χ0n) is 19.4. The zero-order chi connectivity index (χ0) is 32.9. The SMILES string of the molecule is O=S(=O)([O-])c1cc2ccccc2c(S(=O)(=O)OCC(F)(F)C(F)(F)C(F)F)c1S(=O)(=O)OCC(F)(F)C(F)(F)C(F)F. The molecule has 0 saturated heterocycles. The fourth-order valence-corrected chi connectivity index (χ4v) is 7.04. The number of halogens is 12. The van der Waals surface area contributed by atoms with E-state index >= 15 is 0 Å². The summed E-state index contributed by atoms with van der Waals surface area (Å²) in [5.41, 5.74) is 0. The maximum absolute atomic E-state index is 13.7. The Balaban J connectivity index is 2.88. The second-order valence-electron chi connectivity index (χ2n) is 7.90. The van der Waals surface area contributed by atoms with Crippen molar-refractivity contribution in [1.29, 1.82) is 0 Å². The minimum absolute atomic E-state index is 0.0401. The molecule has 0 N–H and O–H groups in total. The van der Waals surface area contributed by atoms with Gasteiger partial charge in [0.1, 0.15) is 33.1 Å². The first-order valence-electron chi connectivity index (χ1n) is 10.0. The van der Waals surface area contributed by atoms with Crippen molar-refractivity contribution in [3.8, 4) is 0 Å². The van der Waals surface area contributed by atoms with Crippen molar-refractivity contribution in [3.05, 3.63) is 30.3 Å². The van der Waals surface area contributed by atoms with Crippen LogP contribution in [0.25, 0.3) is 10.8 Å². The standard InChI is InChI=1S/C18H12F12O9S3/c19-13(20)17(27,28)15(23,24)6-38-41(34,35)11-9-4-2-1-3-8(9)5-10(40(31,32)33)12(11)42(36,37)39-7-16(25,26)18(29,30)14(21)22/h1-5,13-14H,6-7H2,(H,31,32,33)/p-1. The van der Waals surface area contributed by atoms with E-state index in [4.69, 9.17) is 0 Å². The van der Waals surface area contributed by atoms with Crippen LogP contribution in [0.5, 0.6) is 0 Å². The molecule has 0 heterocycles. The molecule has 2 aromatic carbocycles. The first-order valence-corrected chi connectivity index (χ1v) is 14.2. The van der Waals surface area contributed by atoms with E-state index in [-0.39, 0.29) is 6.07 Å². The molecule has 0 aliphatic rings. The summed E-state index contributed by atoms with van der Waals surface area (Å²) < 4.78 is 251. The molecule has 42 heavy (non-hydrogen) atoms. The topological polar surface area (TPSA) is 144 Å². The first kappa shape index (κ1) is 35.8. The van der Waals surface area contributed by atoms with Crippen LogP contribution in [0.1, 0.15) is 0 Å². The number of hydrogen-bond acceptors (Lipinski definition) is 9. The first-order chi connectivity index (χ1) is 18.6. The summed E-state index contributed by atoms with van der Waals surface area (Å²) in [6.07, 6.45) is -10.3. The molecule has 0 radical (unpaired) electrons. The van der Waals surface area contributed by atoms with E-state index in [1.807, 2.05) is 0 Å². The molecular weight excluding hydrogens is 684 g/mol. The van der Waals surface area contributed by atoms with E-state index in [0.717, 1.165) is 18.2 Å². The van der Waals surface area contributed by atoms with E-state index in [9.17, 15) is 82.5 Å². The number of hydrogen-bond donors (Lipinski definition) is 0. The van der Waals surface area contributed by atoms with Crippen LogP contribution in [-0.2, 0) is 38.7 Å². The average molecular weight is 695 g/mol. The summed E-state index contributed by atoms with van der Waals surface area (Å²) in [7, 11) is -19.4. The lowest BCUT2D eigenvalue weighted by atomic mass is 10.1. The highest BCUT2D eigenvalue weighted by Crippen LogP contribution is 2.43. The van der Waals surface area contributed by atoms with Gasteiger partial charge in [-0.3, -0.25) is 8.37 Å². The van der Waals surface area contributed by atoms with Crippen molar-refractivity contribution in [1.82, 2.24) is 0 Å². The summed E-state index contributed by atoms with van der Waals surface area (Å²) in [6.45, 7) is -6.47. The van der Waals surface area contributed by atoms with Crippen LogP contribution in [0.3, 0.4) is 0 Å². The van der Waals surface area contributed by atoms with E-state index < -0.39 is 106 Å². The molecule has 0 aliphatic heterocycles. The van der Waals surface area contributed by atoms with Crippen molar-refractivity contribution in [2.75, 3.05) is 13.2 Å². The monoisotopic (exact) mass is 695 g/mol. The third-order valence-corrected chi connectivity index (χ3v) is 8.83. The van der Waals surface area contributed by atoms with E-state index in [1.54, 1.807) is 0 Å². The van der Waals surface area contributed by atoms with Crippen molar-refractivity contribution < 1.29 is 90.9 Å². The molecule has 0 fully saturated rings. The fourth-order valence-electron chi connectivity index (χ4n) is 2.87. The van der Waals surface area contributed by atoms with Gasteiger partial charge in [-0.2, -0.15) is 52.0 Å². The van der Waals surface area contributed by atoms with E-state index in [2.05, 4.69) is 8.37 Å². The minimum atomic E-state index is -6.65. The molecule has 240 valence electrons. The maximum atomic E-state index is 13.7. The Kier molecular flexibility index (Phi) is 9.59. The molecule has 0 bridgehead atoms. The molecule has 0 spiro atoms. The van der Waals surface area contributed by atoms with Gasteiger partial charge in [-0.25, -0.2) is 26.0 Å². The Morgan fingerprint density at radius 1 is 0.667 bits per heavy atom. The Morgan fingerprint density at radius 3 is 1.43 bits per heavy atom. The molecule has 0 aromatic heterocycles. The van der Waals surface area contributed by atoms with Gasteiger partial charge in [0.05, 0.1) is 4.90 Å². The van der Waals surface area contributed by atoms with Gasteiger partial charge < -0.3 is 4.55 Å². The van der Waals surface area contributed by atoms with Crippen LogP contribution >= 0.6 is 0 Å². The van der Waals surface area contributed by atoms with Crippen LogP contribution in [0, 0.1) is 0 Å². The highest BCUT2D eigenvalue weighted by molar-refractivity contribution is 7.91. The molecule has 2 rings (SSSR count). The van der Waals surface area contributed by atoms with Gasteiger partial charge in [-0.05, 0) is 11.5 Å². The summed E-state index contributed by atoms with van der Waals surface area (Å²) in [5, 5.41) is -1.94. The quantitative estimate of drug-likeness (QED) is 0.171. The lowest BCUT2D eigenvalue weighted by molar-refractivity contribution is -0.271. The van der Waals surface area contributed by atoms with Gasteiger partial charge in [0.15, 0.2) is 0 Å². The molecule has 24 heteroatoms. The third kappa shape index (κ3) is 6.71. The van der Waals surface area contributed by atoms with Gasteiger partial charge in [-0.15, -0.1) is 0 Å². The van der Waals surface area contributed by atoms with Gasteiger partial charge in [0.2, 0.25) is 0 Å². The largest absolute Gasteiger partial charge is 0.744 e. The molecule has 0 amide bonds. The highest BCUT2D eigenvalue weighted by atomic mass is 32.2. The molecule has 0 saturated carbocycles. The van der Waals surface area contributed by atoms with Crippen molar-refractivity contribution in [3.63, 3.8) is 0 Å². The lowest BCUT2D eigenvalue weighted by Crippen LogP contribution is -2.49.